The zero-order valence-electron chi connectivity index (χ0n) is 10.7. The van der Waals surface area contributed by atoms with E-state index >= 15 is 0 Å². The topological polar surface area (TPSA) is 59.6 Å². The van der Waals surface area contributed by atoms with Gasteiger partial charge in [-0.1, -0.05) is 6.07 Å². The highest BCUT2D eigenvalue weighted by Gasteiger charge is 2.20. The standard InChI is InChI=1S/C13H18N2O3/c1-3-18-12-7-9(4-5-11(12)17-2)6-10-8-14-13(16)15-10/h4-5,7,10H,3,6,8H2,1-2H3,(H2,14,15,16). The number of carbonyl (C=O) groups is 1. The lowest BCUT2D eigenvalue weighted by Crippen LogP contribution is -2.28. The van der Waals surface area contributed by atoms with E-state index in [4.69, 9.17) is 9.47 Å². The minimum atomic E-state index is -0.0986. The van der Waals surface area contributed by atoms with Crippen molar-refractivity contribution in [2.24, 2.45) is 0 Å². The van der Waals surface area contributed by atoms with Crippen molar-refractivity contribution in [3.63, 3.8) is 0 Å². The number of ether oxygens (including phenoxy) is 2. The van der Waals surface area contributed by atoms with Crippen LogP contribution < -0.4 is 20.1 Å². The summed E-state index contributed by atoms with van der Waals surface area (Å²) in [7, 11) is 1.62. The number of urea groups is 1. The minimum Gasteiger partial charge on any atom is -0.493 e. The monoisotopic (exact) mass is 250 g/mol. The van der Waals surface area contributed by atoms with Gasteiger partial charge in [-0.15, -0.1) is 0 Å². The van der Waals surface area contributed by atoms with Crippen LogP contribution in [0.5, 0.6) is 11.5 Å². The molecule has 0 bridgehead atoms. The number of amides is 2. The van der Waals surface area contributed by atoms with Crippen molar-refractivity contribution in [2.75, 3.05) is 20.3 Å². The van der Waals surface area contributed by atoms with E-state index in [1.165, 1.54) is 0 Å². The zero-order chi connectivity index (χ0) is 13.0. The molecule has 1 aromatic carbocycles. The molecule has 1 atom stereocenters. The summed E-state index contributed by atoms with van der Waals surface area (Å²) in [5.74, 6) is 1.48. The van der Waals surface area contributed by atoms with Crippen LogP contribution in [0.3, 0.4) is 0 Å². The molecule has 0 aromatic heterocycles. The normalized spacial score (nSPS) is 18.1. The highest BCUT2D eigenvalue weighted by Crippen LogP contribution is 2.28. The van der Waals surface area contributed by atoms with Crippen LogP contribution in [0.15, 0.2) is 18.2 Å². The lowest BCUT2D eigenvalue weighted by molar-refractivity contribution is 0.247. The Kier molecular flexibility index (Phi) is 3.92. The van der Waals surface area contributed by atoms with E-state index in [2.05, 4.69) is 10.6 Å². The molecule has 1 aliphatic rings. The summed E-state index contributed by atoms with van der Waals surface area (Å²) >= 11 is 0. The van der Waals surface area contributed by atoms with Crippen LogP contribution in [0.25, 0.3) is 0 Å². The Labute approximate surface area is 106 Å². The first kappa shape index (κ1) is 12.5. The van der Waals surface area contributed by atoms with Crippen molar-refractivity contribution < 1.29 is 14.3 Å². The molecule has 0 aliphatic carbocycles. The van der Waals surface area contributed by atoms with Crippen molar-refractivity contribution in [3.8, 4) is 11.5 Å². The molecular formula is C13H18N2O3. The third kappa shape index (κ3) is 2.85. The van der Waals surface area contributed by atoms with E-state index in [0.717, 1.165) is 23.5 Å². The molecule has 1 fully saturated rings. The molecule has 0 spiro atoms. The fraction of sp³-hybridized carbons (Fsp3) is 0.462. The van der Waals surface area contributed by atoms with Gasteiger partial charge >= 0.3 is 6.03 Å². The average Bonchev–Trinajstić information content (AvgIpc) is 2.76. The van der Waals surface area contributed by atoms with Crippen molar-refractivity contribution in [1.29, 1.82) is 0 Å². The summed E-state index contributed by atoms with van der Waals surface area (Å²) in [6, 6.07) is 5.89. The maximum Gasteiger partial charge on any atom is 0.315 e. The van der Waals surface area contributed by atoms with Gasteiger partial charge in [-0.25, -0.2) is 4.79 Å². The Morgan fingerprint density at radius 3 is 2.83 bits per heavy atom. The van der Waals surface area contributed by atoms with Crippen molar-refractivity contribution >= 4 is 6.03 Å². The summed E-state index contributed by atoms with van der Waals surface area (Å²) in [4.78, 5) is 11.0. The summed E-state index contributed by atoms with van der Waals surface area (Å²) in [5.41, 5.74) is 1.12. The van der Waals surface area contributed by atoms with Gasteiger partial charge in [-0.3, -0.25) is 0 Å². The first-order chi connectivity index (χ1) is 8.72. The Balaban J connectivity index is 2.08. The number of rotatable bonds is 5. The van der Waals surface area contributed by atoms with Gasteiger partial charge in [0, 0.05) is 6.54 Å². The predicted molar refractivity (Wildman–Crippen MR) is 68.2 cm³/mol. The molecule has 5 nitrogen and oxygen atoms in total. The van der Waals surface area contributed by atoms with Crippen LogP contribution in [-0.4, -0.2) is 32.3 Å². The fourth-order valence-electron chi connectivity index (χ4n) is 2.03. The van der Waals surface area contributed by atoms with Gasteiger partial charge in [-0.2, -0.15) is 0 Å². The van der Waals surface area contributed by atoms with Gasteiger partial charge in [0.05, 0.1) is 19.8 Å². The van der Waals surface area contributed by atoms with Crippen molar-refractivity contribution in [2.45, 2.75) is 19.4 Å². The SMILES string of the molecule is CCOc1cc(CC2CNC(=O)N2)ccc1OC. The molecule has 2 rings (SSSR count). The number of methoxy groups -OCH3 is 1. The first-order valence-electron chi connectivity index (χ1n) is 6.07. The number of hydrogen-bond acceptors (Lipinski definition) is 3. The van der Waals surface area contributed by atoms with Gasteiger partial charge in [0.25, 0.3) is 0 Å². The summed E-state index contributed by atoms with van der Waals surface area (Å²) in [6.07, 6.45) is 0.781. The van der Waals surface area contributed by atoms with Crippen LogP contribution in [0.2, 0.25) is 0 Å². The number of hydrogen-bond donors (Lipinski definition) is 2. The van der Waals surface area contributed by atoms with Gasteiger partial charge < -0.3 is 20.1 Å². The number of benzene rings is 1. The largest absolute Gasteiger partial charge is 0.493 e. The maximum atomic E-state index is 11.0. The maximum absolute atomic E-state index is 11.0. The molecule has 2 amide bonds. The van der Waals surface area contributed by atoms with Crippen LogP contribution in [0, 0.1) is 0 Å². The first-order valence-corrected chi connectivity index (χ1v) is 6.07. The Morgan fingerprint density at radius 1 is 1.39 bits per heavy atom. The highest BCUT2D eigenvalue weighted by atomic mass is 16.5. The molecule has 0 radical (unpaired) electrons. The quantitative estimate of drug-likeness (QED) is 0.828. The molecule has 1 unspecified atom stereocenters. The Hall–Kier alpha value is -1.91. The molecule has 5 heteroatoms. The molecule has 1 aliphatic heterocycles. The second kappa shape index (κ2) is 5.62. The molecule has 0 saturated carbocycles. The molecule has 2 N–H and O–H groups in total. The highest BCUT2D eigenvalue weighted by molar-refractivity contribution is 5.76. The van der Waals surface area contributed by atoms with Crippen LogP contribution in [0.4, 0.5) is 4.79 Å². The summed E-state index contributed by atoms with van der Waals surface area (Å²) < 4.78 is 10.8. The lowest BCUT2D eigenvalue weighted by atomic mass is 10.1. The second-order valence-electron chi connectivity index (χ2n) is 4.17. The fourth-order valence-corrected chi connectivity index (χ4v) is 2.03. The summed E-state index contributed by atoms with van der Waals surface area (Å²) in [5, 5.41) is 5.61. The molecule has 98 valence electrons. The van der Waals surface area contributed by atoms with E-state index in [9.17, 15) is 4.79 Å². The Bertz CT molecular complexity index is 434. The van der Waals surface area contributed by atoms with Crippen molar-refractivity contribution in [1.82, 2.24) is 10.6 Å². The third-order valence-corrected chi connectivity index (χ3v) is 2.85. The molecule has 18 heavy (non-hydrogen) atoms. The number of carbonyl (C=O) groups excluding carboxylic acids is 1. The Morgan fingerprint density at radius 2 is 2.22 bits per heavy atom. The van der Waals surface area contributed by atoms with E-state index in [1.807, 2.05) is 25.1 Å². The minimum absolute atomic E-state index is 0.0986. The van der Waals surface area contributed by atoms with Crippen LogP contribution in [0.1, 0.15) is 12.5 Å². The molecule has 1 saturated heterocycles. The van der Waals surface area contributed by atoms with Gasteiger partial charge in [0.2, 0.25) is 0 Å². The van der Waals surface area contributed by atoms with E-state index < -0.39 is 0 Å². The van der Waals surface area contributed by atoms with Gasteiger partial charge in [0.1, 0.15) is 0 Å². The van der Waals surface area contributed by atoms with E-state index in [0.29, 0.717) is 13.2 Å². The van der Waals surface area contributed by atoms with Gasteiger partial charge in [0.15, 0.2) is 11.5 Å². The zero-order valence-corrected chi connectivity index (χ0v) is 10.7. The third-order valence-electron chi connectivity index (χ3n) is 2.85. The summed E-state index contributed by atoms with van der Waals surface area (Å²) in [6.45, 7) is 3.20. The number of nitrogens with one attached hydrogen (secondary N) is 2. The second-order valence-corrected chi connectivity index (χ2v) is 4.17. The van der Waals surface area contributed by atoms with Gasteiger partial charge in [-0.05, 0) is 31.0 Å². The van der Waals surface area contributed by atoms with E-state index in [1.54, 1.807) is 7.11 Å². The van der Waals surface area contributed by atoms with Crippen LogP contribution in [-0.2, 0) is 6.42 Å². The lowest BCUT2D eigenvalue weighted by Gasteiger charge is -2.13. The van der Waals surface area contributed by atoms with Crippen LogP contribution >= 0.6 is 0 Å². The average molecular weight is 250 g/mol. The molecule has 1 heterocycles. The smallest absolute Gasteiger partial charge is 0.315 e. The van der Waals surface area contributed by atoms with Crippen molar-refractivity contribution in [3.05, 3.63) is 23.8 Å². The van der Waals surface area contributed by atoms with E-state index in [-0.39, 0.29) is 12.1 Å². The molecular weight excluding hydrogens is 232 g/mol. The molecule has 1 aromatic rings. The predicted octanol–water partition coefficient (Wildman–Crippen LogP) is 1.32.